The second-order valence-electron chi connectivity index (χ2n) is 4.28. The van der Waals surface area contributed by atoms with E-state index < -0.39 is 17.5 Å². The fraction of sp³-hybridized carbons (Fsp3) is 0.133. The van der Waals surface area contributed by atoms with Crippen LogP contribution in [-0.2, 0) is 4.79 Å². The van der Waals surface area contributed by atoms with Gasteiger partial charge in [0.05, 0.1) is 0 Å². The average Bonchev–Trinajstić information content (AvgIpc) is 2.40. The molecule has 0 heterocycles. The molecule has 0 fully saturated rings. The fourth-order valence-electron chi connectivity index (χ4n) is 1.63. The molecule has 0 aliphatic rings. The zero-order chi connectivity index (χ0) is 14.5. The Hall–Kier alpha value is -2.43. The minimum absolute atomic E-state index is 0.0133. The van der Waals surface area contributed by atoms with Gasteiger partial charge in [-0.05, 0) is 42.8 Å². The van der Waals surface area contributed by atoms with Crippen molar-refractivity contribution in [1.82, 2.24) is 0 Å². The van der Waals surface area contributed by atoms with Crippen LogP contribution in [0.3, 0.4) is 0 Å². The first-order valence-corrected chi connectivity index (χ1v) is 5.99. The number of benzene rings is 2. The van der Waals surface area contributed by atoms with Crippen LogP contribution in [0.1, 0.15) is 5.56 Å². The van der Waals surface area contributed by atoms with Gasteiger partial charge in [-0.2, -0.15) is 0 Å². The summed E-state index contributed by atoms with van der Waals surface area (Å²) in [6, 6.07) is 9.87. The number of nitrogens with one attached hydrogen (secondary N) is 1. The van der Waals surface area contributed by atoms with Crippen LogP contribution in [0.2, 0.25) is 0 Å². The van der Waals surface area contributed by atoms with Crippen LogP contribution in [-0.4, -0.2) is 12.5 Å². The summed E-state index contributed by atoms with van der Waals surface area (Å²) in [5, 5.41) is 2.46. The summed E-state index contributed by atoms with van der Waals surface area (Å²) in [7, 11) is 0. The minimum Gasteiger partial charge on any atom is -0.481 e. The Labute approximate surface area is 115 Å². The molecule has 2 aromatic rings. The molecule has 104 valence electrons. The maximum absolute atomic E-state index is 13.4. The van der Waals surface area contributed by atoms with Gasteiger partial charge in [-0.3, -0.25) is 4.79 Å². The summed E-state index contributed by atoms with van der Waals surface area (Å²) in [6.45, 7) is 1.44. The Kier molecular flexibility index (Phi) is 4.30. The normalized spacial score (nSPS) is 10.2. The molecule has 2 rings (SSSR count). The van der Waals surface area contributed by atoms with E-state index in [2.05, 4.69) is 5.32 Å². The van der Waals surface area contributed by atoms with Crippen LogP contribution in [0.25, 0.3) is 0 Å². The standard InChI is InChI=1S/C15H13F2NO2/c1-10-5-6-13(17)14(7-10)20-9-15(19)18-12-4-2-3-11(16)8-12/h2-8H,9H2,1H3,(H,18,19). The van der Waals surface area contributed by atoms with E-state index in [1.807, 2.05) is 0 Å². The second-order valence-corrected chi connectivity index (χ2v) is 4.28. The van der Waals surface area contributed by atoms with Gasteiger partial charge >= 0.3 is 0 Å². The molecule has 0 unspecified atom stereocenters. The lowest BCUT2D eigenvalue weighted by atomic mass is 10.2. The number of carbonyl (C=O) groups excluding carboxylic acids is 1. The predicted molar refractivity (Wildman–Crippen MR) is 71.7 cm³/mol. The van der Waals surface area contributed by atoms with Crippen molar-refractivity contribution in [1.29, 1.82) is 0 Å². The molecule has 0 bridgehead atoms. The molecule has 0 spiro atoms. The number of hydrogen-bond acceptors (Lipinski definition) is 2. The van der Waals surface area contributed by atoms with Gasteiger partial charge in [0.25, 0.3) is 5.91 Å². The number of ether oxygens (including phenoxy) is 1. The van der Waals surface area contributed by atoms with Gasteiger partial charge < -0.3 is 10.1 Å². The fourth-order valence-corrected chi connectivity index (χ4v) is 1.63. The third-order valence-corrected chi connectivity index (χ3v) is 2.55. The highest BCUT2D eigenvalue weighted by atomic mass is 19.1. The predicted octanol–water partition coefficient (Wildman–Crippen LogP) is 3.29. The van der Waals surface area contributed by atoms with Crippen molar-refractivity contribution in [3.8, 4) is 5.75 Å². The lowest BCUT2D eigenvalue weighted by molar-refractivity contribution is -0.118. The van der Waals surface area contributed by atoms with Crippen molar-refractivity contribution < 1.29 is 18.3 Å². The lowest BCUT2D eigenvalue weighted by Crippen LogP contribution is -2.20. The number of aryl methyl sites for hydroxylation is 1. The highest BCUT2D eigenvalue weighted by Crippen LogP contribution is 2.18. The van der Waals surface area contributed by atoms with Crippen molar-refractivity contribution in [3.63, 3.8) is 0 Å². The molecule has 2 aromatic carbocycles. The zero-order valence-corrected chi connectivity index (χ0v) is 10.8. The van der Waals surface area contributed by atoms with Crippen LogP contribution in [0.5, 0.6) is 5.75 Å². The van der Waals surface area contributed by atoms with E-state index in [4.69, 9.17) is 4.74 Å². The topological polar surface area (TPSA) is 38.3 Å². The second kappa shape index (κ2) is 6.14. The molecule has 20 heavy (non-hydrogen) atoms. The number of halogens is 2. The Morgan fingerprint density at radius 3 is 2.75 bits per heavy atom. The molecule has 0 saturated heterocycles. The maximum atomic E-state index is 13.4. The Morgan fingerprint density at radius 1 is 1.20 bits per heavy atom. The molecule has 0 saturated carbocycles. The molecule has 1 N–H and O–H groups in total. The largest absolute Gasteiger partial charge is 0.481 e. The Balaban J connectivity index is 1.94. The summed E-state index contributed by atoms with van der Waals surface area (Å²) in [4.78, 5) is 11.6. The molecule has 5 heteroatoms. The van der Waals surface area contributed by atoms with Crippen molar-refractivity contribution >= 4 is 11.6 Å². The van der Waals surface area contributed by atoms with Crippen LogP contribution in [0.4, 0.5) is 14.5 Å². The van der Waals surface area contributed by atoms with Crippen molar-refractivity contribution in [2.75, 3.05) is 11.9 Å². The first kappa shape index (κ1) is 14.0. The summed E-state index contributed by atoms with van der Waals surface area (Å²) >= 11 is 0. The minimum atomic E-state index is -0.533. The number of rotatable bonds is 4. The molecule has 1 amide bonds. The van der Waals surface area contributed by atoms with Crippen LogP contribution < -0.4 is 10.1 Å². The van der Waals surface area contributed by atoms with Crippen molar-refractivity contribution in [2.45, 2.75) is 6.92 Å². The Bertz CT molecular complexity index is 629. The summed E-state index contributed by atoms with van der Waals surface area (Å²) in [6.07, 6.45) is 0. The summed E-state index contributed by atoms with van der Waals surface area (Å²) in [5.41, 5.74) is 1.15. The lowest BCUT2D eigenvalue weighted by Gasteiger charge is -2.09. The van der Waals surface area contributed by atoms with Gasteiger partial charge in [0.2, 0.25) is 0 Å². The molecule has 0 aliphatic heterocycles. The van der Waals surface area contributed by atoms with Gasteiger partial charge in [-0.25, -0.2) is 8.78 Å². The third kappa shape index (κ3) is 3.78. The van der Waals surface area contributed by atoms with E-state index in [1.54, 1.807) is 19.1 Å². The zero-order valence-electron chi connectivity index (χ0n) is 10.8. The molecule has 0 aliphatic carbocycles. The maximum Gasteiger partial charge on any atom is 0.262 e. The first-order valence-electron chi connectivity index (χ1n) is 5.99. The van der Waals surface area contributed by atoms with Crippen LogP contribution in [0.15, 0.2) is 42.5 Å². The molecule has 3 nitrogen and oxygen atoms in total. The molecule has 0 radical (unpaired) electrons. The van der Waals surface area contributed by atoms with Gasteiger partial charge in [0.1, 0.15) is 5.82 Å². The SMILES string of the molecule is Cc1ccc(F)c(OCC(=O)Nc2cccc(F)c2)c1. The van der Waals surface area contributed by atoms with E-state index in [9.17, 15) is 13.6 Å². The first-order chi connectivity index (χ1) is 9.54. The highest BCUT2D eigenvalue weighted by molar-refractivity contribution is 5.91. The van der Waals surface area contributed by atoms with E-state index >= 15 is 0 Å². The number of anilines is 1. The number of hydrogen-bond donors (Lipinski definition) is 1. The van der Waals surface area contributed by atoms with E-state index in [0.717, 1.165) is 5.56 Å². The smallest absolute Gasteiger partial charge is 0.262 e. The van der Waals surface area contributed by atoms with Gasteiger partial charge in [0.15, 0.2) is 18.2 Å². The summed E-state index contributed by atoms with van der Waals surface area (Å²) < 4.78 is 31.4. The monoisotopic (exact) mass is 277 g/mol. The van der Waals surface area contributed by atoms with E-state index in [-0.39, 0.29) is 12.4 Å². The molecule has 0 atom stereocenters. The number of carbonyl (C=O) groups is 1. The number of amides is 1. The van der Waals surface area contributed by atoms with Crippen LogP contribution in [0, 0.1) is 18.6 Å². The average molecular weight is 277 g/mol. The molecular weight excluding hydrogens is 264 g/mol. The van der Waals surface area contributed by atoms with E-state index in [1.165, 1.54) is 30.3 Å². The summed E-state index contributed by atoms with van der Waals surface area (Å²) in [5.74, 6) is -1.46. The van der Waals surface area contributed by atoms with Gasteiger partial charge in [-0.1, -0.05) is 12.1 Å². The quantitative estimate of drug-likeness (QED) is 0.931. The van der Waals surface area contributed by atoms with Crippen molar-refractivity contribution in [2.24, 2.45) is 0 Å². The molecule has 0 aromatic heterocycles. The van der Waals surface area contributed by atoms with Crippen molar-refractivity contribution in [3.05, 3.63) is 59.7 Å². The van der Waals surface area contributed by atoms with Crippen LogP contribution >= 0.6 is 0 Å². The van der Waals surface area contributed by atoms with Gasteiger partial charge in [-0.15, -0.1) is 0 Å². The third-order valence-electron chi connectivity index (χ3n) is 2.55. The Morgan fingerprint density at radius 2 is 2.00 bits per heavy atom. The van der Waals surface area contributed by atoms with E-state index in [0.29, 0.717) is 5.69 Å². The van der Waals surface area contributed by atoms with Gasteiger partial charge in [0, 0.05) is 5.69 Å². The highest BCUT2D eigenvalue weighted by Gasteiger charge is 2.08. The molecular formula is C15H13F2NO2.